The van der Waals surface area contributed by atoms with E-state index in [1.807, 2.05) is 0 Å². The van der Waals surface area contributed by atoms with Crippen molar-refractivity contribution in [1.29, 1.82) is 0 Å². The molecule has 0 aliphatic heterocycles. The van der Waals surface area contributed by atoms with Crippen molar-refractivity contribution < 1.29 is 9.53 Å². The molecule has 1 amide bonds. The lowest BCUT2D eigenvalue weighted by Crippen LogP contribution is -2.38. The Morgan fingerprint density at radius 1 is 1.53 bits per heavy atom. The maximum Gasteiger partial charge on any atom is 0.271 e. The van der Waals surface area contributed by atoms with Gasteiger partial charge in [0.2, 0.25) is 5.88 Å². The van der Waals surface area contributed by atoms with Crippen LogP contribution in [0.5, 0.6) is 5.88 Å². The number of carbonyl (C=O) groups is 1. The number of amides is 1. The van der Waals surface area contributed by atoms with Gasteiger partial charge in [0, 0.05) is 13.1 Å². The second-order valence-corrected chi connectivity index (χ2v) is 4.15. The van der Waals surface area contributed by atoms with Crippen molar-refractivity contribution in [2.75, 3.05) is 13.6 Å². The summed E-state index contributed by atoms with van der Waals surface area (Å²) in [6.07, 6.45) is 2.12. The smallest absolute Gasteiger partial charge is 0.271 e. The zero-order valence-corrected chi connectivity index (χ0v) is 9.72. The standard InChI is InChI=1S/C11H16N4O2/c1-13-11(16)9-2-3-10(15-14-9)17-8-4-7(5-8)6-12/h2-3,7-8H,4-6,12H2,1H3,(H,13,16). The molecule has 6 heteroatoms. The van der Waals surface area contributed by atoms with Crippen LogP contribution in [0.1, 0.15) is 23.3 Å². The van der Waals surface area contributed by atoms with E-state index in [1.54, 1.807) is 19.2 Å². The van der Waals surface area contributed by atoms with Crippen molar-refractivity contribution in [3.63, 3.8) is 0 Å². The minimum atomic E-state index is -0.254. The quantitative estimate of drug-likeness (QED) is 0.765. The number of carbonyl (C=O) groups excluding carboxylic acids is 1. The normalized spacial score (nSPS) is 22.7. The van der Waals surface area contributed by atoms with Gasteiger partial charge in [0.15, 0.2) is 5.69 Å². The molecule has 0 radical (unpaired) electrons. The molecular formula is C11H16N4O2. The number of rotatable bonds is 4. The zero-order valence-electron chi connectivity index (χ0n) is 9.72. The van der Waals surface area contributed by atoms with E-state index >= 15 is 0 Å². The van der Waals surface area contributed by atoms with Gasteiger partial charge in [-0.15, -0.1) is 10.2 Å². The van der Waals surface area contributed by atoms with Gasteiger partial charge in [-0.25, -0.2) is 0 Å². The van der Waals surface area contributed by atoms with Crippen molar-refractivity contribution in [3.8, 4) is 5.88 Å². The summed E-state index contributed by atoms with van der Waals surface area (Å²) in [6, 6.07) is 3.26. The van der Waals surface area contributed by atoms with Crippen LogP contribution in [0.3, 0.4) is 0 Å². The Morgan fingerprint density at radius 2 is 2.29 bits per heavy atom. The highest BCUT2D eigenvalue weighted by Crippen LogP contribution is 2.29. The highest BCUT2D eigenvalue weighted by Gasteiger charge is 2.29. The van der Waals surface area contributed by atoms with Crippen LogP contribution in [-0.2, 0) is 0 Å². The summed E-state index contributed by atoms with van der Waals surface area (Å²) in [5.74, 6) is 0.770. The summed E-state index contributed by atoms with van der Waals surface area (Å²) in [5.41, 5.74) is 5.82. The van der Waals surface area contributed by atoms with Gasteiger partial charge in [-0.05, 0) is 31.4 Å². The molecule has 0 aromatic carbocycles. The number of nitrogens with two attached hydrogens (primary N) is 1. The molecule has 0 bridgehead atoms. The lowest BCUT2D eigenvalue weighted by Gasteiger charge is -2.33. The van der Waals surface area contributed by atoms with Crippen LogP contribution in [0, 0.1) is 5.92 Å². The van der Waals surface area contributed by atoms with Crippen LogP contribution in [0.25, 0.3) is 0 Å². The third kappa shape index (κ3) is 2.71. The van der Waals surface area contributed by atoms with Gasteiger partial charge in [0.1, 0.15) is 6.10 Å². The SMILES string of the molecule is CNC(=O)c1ccc(OC2CC(CN)C2)nn1. The van der Waals surface area contributed by atoms with Crippen LogP contribution in [0.15, 0.2) is 12.1 Å². The fourth-order valence-corrected chi connectivity index (χ4v) is 1.77. The number of ether oxygens (including phenoxy) is 1. The fourth-order valence-electron chi connectivity index (χ4n) is 1.77. The van der Waals surface area contributed by atoms with Gasteiger partial charge < -0.3 is 15.8 Å². The third-order valence-electron chi connectivity index (χ3n) is 2.91. The Balaban J connectivity index is 1.88. The summed E-state index contributed by atoms with van der Waals surface area (Å²) in [5, 5.41) is 10.1. The second-order valence-electron chi connectivity index (χ2n) is 4.15. The van der Waals surface area contributed by atoms with Gasteiger partial charge >= 0.3 is 0 Å². The minimum Gasteiger partial charge on any atom is -0.473 e. The molecular weight excluding hydrogens is 220 g/mol. The van der Waals surface area contributed by atoms with Gasteiger partial charge in [0.25, 0.3) is 5.91 Å². The highest BCUT2D eigenvalue weighted by atomic mass is 16.5. The molecule has 0 unspecified atom stereocenters. The summed E-state index contributed by atoms with van der Waals surface area (Å²) in [6.45, 7) is 0.709. The van der Waals surface area contributed by atoms with E-state index in [0.29, 0.717) is 18.3 Å². The van der Waals surface area contributed by atoms with Crippen molar-refractivity contribution in [1.82, 2.24) is 15.5 Å². The Labute approximate surface area is 99.6 Å². The first-order chi connectivity index (χ1) is 8.22. The van der Waals surface area contributed by atoms with E-state index in [2.05, 4.69) is 15.5 Å². The fraction of sp³-hybridized carbons (Fsp3) is 0.545. The summed E-state index contributed by atoms with van der Waals surface area (Å²) < 4.78 is 5.59. The molecule has 1 aromatic rings. The highest BCUT2D eigenvalue weighted by molar-refractivity contribution is 5.91. The third-order valence-corrected chi connectivity index (χ3v) is 2.91. The lowest BCUT2D eigenvalue weighted by atomic mass is 9.82. The van der Waals surface area contributed by atoms with Crippen LogP contribution in [0.4, 0.5) is 0 Å². The topological polar surface area (TPSA) is 90.1 Å². The number of aromatic nitrogens is 2. The Bertz CT molecular complexity index is 387. The number of hydrogen-bond acceptors (Lipinski definition) is 5. The van der Waals surface area contributed by atoms with E-state index in [4.69, 9.17) is 10.5 Å². The van der Waals surface area contributed by atoms with Gasteiger partial charge in [-0.1, -0.05) is 0 Å². The summed E-state index contributed by atoms with van der Waals surface area (Å²) in [4.78, 5) is 11.2. The lowest BCUT2D eigenvalue weighted by molar-refractivity contribution is 0.0638. The average Bonchev–Trinajstić information content (AvgIpc) is 2.33. The minimum absolute atomic E-state index is 0.184. The molecule has 0 atom stereocenters. The van der Waals surface area contributed by atoms with Crippen LogP contribution < -0.4 is 15.8 Å². The van der Waals surface area contributed by atoms with Gasteiger partial charge in [-0.3, -0.25) is 4.79 Å². The maximum atomic E-state index is 11.2. The molecule has 0 spiro atoms. The molecule has 2 rings (SSSR count). The van der Waals surface area contributed by atoms with Crippen molar-refractivity contribution in [2.45, 2.75) is 18.9 Å². The van der Waals surface area contributed by atoms with Crippen LogP contribution in [0.2, 0.25) is 0 Å². The predicted octanol–water partition coefficient (Wildman–Crippen LogP) is -0.0477. The molecule has 1 saturated carbocycles. The Morgan fingerprint density at radius 3 is 2.82 bits per heavy atom. The molecule has 17 heavy (non-hydrogen) atoms. The van der Waals surface area contributed by atoms with E-state index in [1.165, 1.54) is 0 Å². The average molecular weight is 236 g/mol. The first kappa shape index (κ1) is 11.8. The number of nitrogens with one attached hydrogen (secondary N) is 1. The van der Waals surface area contributed by atoms with E-state index in [9.17, 15) is 4.79 Å². The van der Waals surface area contributed by atoms with E-state index in [0.717, 1.165) is 12.8 Å². The summed E-state index contributed by atoms with van der Waals surface area (Å²) >= 11 is 0. The number of hydrogen-bond donors (Lipinski definition) is 2. The summed E-state index contributed by atoms with van der Waals surface area (Å²) in [7, 11) is 1.55. The monoisotopic (exact) mass is 236 g/mol. The first-order valence-electron chi connectivity index (χ1n) is 5.65. The Hall–Kier alpha value is -1.69. The number of nitrogens with zero attached hydrogens (tertiary/aromatic N) is 2. The molecule has 1 aliphatic rings. The molecule has 6 nitrogen and oxygen atoms in total. The second kappa shape index (κ2) is 5.09. The van der Waals surface area contributed by atoms with Gasteiger partial charge in [0.05, 0.1) is 0 Å². The van der Waals surface area contributed by atoms with Crippen LogP contribution >= 0.6 is 0 Å². The largest absolute Gasteiger partial charge is 0.473 e. The van der Waals surface area contributed by atoms with Crippen molar-refractivity contribution in [3.05, 3.63) is 17.8 Å². The first-order valence-corrected chi connectivity index (χ1v) is 5.65. The molecule has 3 N–H and O–H groups in total. The van der Waals surface area contributed by atoms with E-state index in [-0.39, 0.29) is 17.7 Å². The molecule has 92 valence electrons. The maximum absolute atomic E-state index is 11.2. The van der Waals surface area contributed by atoms with Gasteiger partial charge in [-0.2, -0.15) is 0 Å². The molecule has 0 saturated heterocycles. The predicted molar refractivity (Wildman–Crippen MR) is 61.6 cm³/mol. The van der Waals surface area contributed by atoms with Crippen molar-refractivity contribution >= 4 is 5.91 Å². The van der Waals surface area contributed by atoms with Crippen LogP contribution in [-0.4, -0.2) is 35.8 Å². The van der Waals surface area contributed by atoms with Crippen molar-refractivity contribution in [2.24, 2.45) is 11.7 Å². The molecule has 1 aliphatic carbocycles. The zero-order chi connectivity index (χ0) is 12.3. The molecule has 1 heterocycles. The molecule has 1 aromatic heterocycles. The Kier molecular flexibility index (Phi) is 3.53. The molecule has 1 fully saturated rings. The van der Waals surface area contributed by atoms with E-state index < -0.39 is 0 Å².